The van der Waals surface area contributed by atoms with E-state index in [2.05, 4.69) is 4.74 Å². The van der Waals surface area contributed by atoms with Crippen LogP contribution in [-0.2, 0) is 9.53 Å². The summed E-state index contributed by atoms with van der Waals surface area (Å²) in [5.41, 5.74) is -5.51. The van der Waals surface area contributed by atoms with Crippen molar-refractivity contribution in [3.63, 3.8) is 0 Å². The molecule has 1 aliphatic rings. The van der Waals surface area contributed by atoms with Crippen molar-refractivity contribution in [3.05, 3.63) is 0 Å². The molecule has 0 bridgehead atoms. The zero-order chi connectivity index (χ0) is 14.6. The second kappa shape index (κ2) is 3.65. The number of ether oxygens (including phenoxy) is 1. The van der Waals surface area contributed by atoms with Gasteiger partial charge in [0.25, 0.3) is 5.91 Å². The molecule has 1 rings (SSSR count). The molecule has 1 heterocycles. The maximum Gasteiger partial charge on any atom is 0.436 e. The predicted octanol–water partition coefficient (Wildman–Crippen LogP) is 1.88. The summed E-state index contributed by atoms with van der Waals surface area (Å²) in [6, 6.07) is 0. The van der Waals surface area contributed by atoms with Crippen molar-refractivity contribution >= 4 is 5.91 Å². The Morgan fingerprint density at radius 2 is 1.33 bits per heavy atom. The second-order valence-electron chi connectivity index (χ2n) is 3.19. The maximum atomic E-state index is 12.3. The maximum absolute atomic E-state index is 12.3. The normalized spacial score (nSPS) is 25.2. The van der Waals surface area contributed by atoms with Gasteiger partial charge in [-0.25, -0.2) is 0 Å². The fourth-order valence-corrected chi connectivity index (χ4v) is 1.18. The standard InChI is InChI=1S/C6H2F9NO2/c7-4(8,9)2-16-1(17)3(18-2,5(10,11)12)6(13,14)15/h2H,(H,16,17). The highest BCUT2D eigenvalue weighted by atomic mass is 19.4. The number of rotatable bonds is 0. The van der Waals surface area contributed by atoms with Crippen LogP contribution in [0.1, 0.15) is 0 Å². The summed E-state index contributed by atoms with van der Waals surface area (Å²) in [7, 11) is 0. The fourth-order valence-electron chi connectivity index (χ4n) is 1.18. The van der Waals surface area contributed by atoms with Crippen molar-refractivity contribution in [3.8, 4) is 0 Å². The van der Waals surface area contributed by atoms with Crippen molar-refractivity contribution in [1.29, 1.82) is 0 Å². The molecule has 1 saturated heterocycles. The minimum atomic E-state index is -6.38. The topological polar surface area (TPSA) is 38.3 Å². The Labute approximate surface area is 91.9 Å². The van der Waals surface area contributed by atoms with Gasteiger partial charge in [-0.2, -0.15) is 39.5 Å². The molecule has 1 atom stereocenters. The van der Waals surface area contributed by atoms with Gasteiger partial charge >= 0.3 is 24.1 Å². The molecule has 0 aromatic rings. The van der Waals surface area contributed by atoms with Crippen molar-refractivity contribution in [1.82, 2.24) is 5.32 Å². The minimum Gasteiger partial charge on any atom is -0.320 e. The molecule has 12 heteroatoms. The van der Waals surface area contributed by atoms with E-state index in [1.807, 2.05) is 0 Å². The van der Waals surface area contributed by atoms with Crippen LogP contribution in [0.5, 0.6) is 0 Å². The number of carbonyl (C=O) groups excluding carboxylic acids is 1. The highest BCUT2D eigenvalue weighted by Gasteiger charge is 2.82. The lowest BCUT2D eigenvalue weighted by atomic mass is 10.0. The molecule has 1 N–H and O–H groups in total. The van der Waals surface area contributed by atoms with E-state index < -0.39 is 36.3 Å². The Balaban J connectivity index is 3.29. The Hall–Kier alpha value is -1.20. The summed E-state index contributed by atoms with van der Waals surface area (Å²) < 4.78 is 112. The molecule has 18 heavy (non-hydrogen) atoms. The van der Waals surface area contributed by atoms with Crippen molar-refractivity contribution in [2.24, 2.45) is 0 Å². The van der Waals surface area contributed by atoms with Gasteiger partial charge in [-0.1, -0.05) is 0 Å². The molecule has 1 aliphatic heterocycles. The Morgan fingerprint density at radius 3 is 1.50 bits per heavy atom. The van der Waals surface area contributed by atoms with E-state index in [-0.39, 0.29) is 0 Å². The molecule has 3 nitrogen and oxygen atoms in total. The average Bonchev–Trinajstić information content (AvgIpc) is 2.39. The van der Waals surface area contributed by atoms with Crippen molar-refractivity contribution < 1.29 is 49.0 Å². The van der Waals surface area contributed by atoms with Crippen LogP contribution in [0.15, 0.2) is 0 Å². The van der Waals surface area contributed by atoms with E-state index in [9.17, 15) is 44.3 Å². The van der Waals surface area contributed by atoms with E-state index in [0.717, 1.165) is 0 Å². The van der Waals surface area contributed by atoms with Crippen LogP contribution in [0, 0.1) is 0 Å². The summed E-state index contributed by atoms with van der Waals surface area (Å²) in [6.07, 6.45) is -22.0. The van der Waals surface area contributed by atoms with Gasteiger partial charge in [-0.3, -0.25) is 4.79 Å². The summed E-state index contributed by atoms with van der Waals surface area (Å²) in [5.74, 6) is -2.95. The van der Waals surface area contributed by atoms with Crippen molar-refractivity contribution in [2.45, 2.75) is 30.4 Å². The van der Waals surface area contributed by atoms with Gasteiger partial charge in [0.1, 0.15) is 0 Å². The quantitative estimate of drug-likeness (QED) is 0.692. The van der Waals surface area contributed by atoms with Crippen LogP contribution >= 0.6 is 0 Å². The first-order valence-corrected chi connectivity index (χ1v) is 3.92. The number of halogens is 9. The molecule has 106 valence electrons. The average molecular weight is 291 g/mol. The largest absolute Gasteiger partial charge is 0.436 e. The van der Waals surface area contributed by atoms with Crippen LogP contribution in [-0.4, -0.2) is 36.3 Å². The van der Waals surface area contributed by atoms with Gasteiger partial charge in [-0.05, 0) is 0 Å². The molecular formula is C6H2F9NO2. The van der Waals surface area contributed by atoms with E-state index >= 15 is 0 Å². The first-order chi connectivity index (χ1) is 7.73. The Morgan fingerprint density at radius 1 is 0.944 bits per heavy atom. The predicted molar refractivity (Wildman–Crippen MR) is 33.9 cm³/mol. The van der Waals surface area contributed by atoms with Gasteiger partial charge in [0, 0.05) is 0 Å². The van der Waals surface area contributed by atoms with Gasteiger partial charge < -0.3 is 10.1 Å². The van der Waals surface area contributed by atoms with Gasteiger partial charge in [0.15, 0.2) is 0 Å². The van der Waals surface area contributed by atoms with Crippen molar-refractivity contribution in [2.75, 3.05) is 0 Å². The van der Waals surface area contributed by atoms with E-state index in [0.29, 0.717) is 5.32 Å². The Bertz CT molecular complexity index is 340. The van der Waals surface area contributed by atoms with Gasteiger partial charge in [-0.15, -0.1) is 0 Å². The summed E-state index contributed by atoms with van der Waals surface area (Å²) in [4.78, 5) is 10.7. The number of hydrogen-bond acceptors (Lipinski definition) is 2. The summed E-state index contributed by atoms with van der Waals surface area (Å²) in [6.45, 7) is 0. The SMILES string of the molecule is O=C1NC(C(F)(F)F)OC1(C(F)(F)F)C(F)(F)F. The fraction of sp³-hybridized carbons (Fsp3) is 0.833. The molecule has 1 fully saturated rings. The lowest BCUT2D eigenvalue weighted by Gasteiger charge is -2.30. The highest BCUT2D eigenvalue weighted by Crippen LogP contribution is 2.50. The number of carbonyl (C=O) groups is 1. The molecule has 0 aromatic carbocycles. The first kappa shape index (κ1) is 14.9. The molecule has 0 aromatic heterocycles. The minimum absolute atomic E-state index is 0.472. The molecule has 0 radical (unpaired) electrons. The monoisotopic (exact) mass is 291 g/mol. The van der Waals surface area contributed by atoms with E-state index in [4.69, 9.17) is 0 Å². The van der Waals surface area contributed by atoms with Crippen LogP contribution in [0.4, 0.5) is 39.5 Å². The smallest absolute Gasteiger partial charge is 0.320 e. The summed E-state index contributed by atoms with van der Waals surface area (Å²) >= 11 is 0. The third-order valence-corrected chi connectivity index (χ3v) is 1.97. The van der Waals surface area contributed by atoms with Crippen LogP contribution in [0.2, 0.25) is 0 Å². The first-order valence-electron chi connectivity index (χ1n) is 3.92. The Kier molecular flexibility index (Phi) is 3.01. The molecule has 1 amide bonds. The van der Waals surface area contributed by atoms with E-state index in [1.165, 1.54) is 0 Å². The van der Waals surface area contributed by atoms with Gasteiger partial charge in [0.2, 0.25) is 6.23 Å². The summed E-state index contributed by atoms with van der Waals surface area (Å²) in [5, 5.41) is 0.472. The van der Waals surface area contributed by atoms with Gasteiger partial charge in [0.05, 0.1) is 0 Å². The highest BCUT2D eigenvalue weighted by molar-refractivity contribution is 5.89. The molecule has 0 saturated carbocycles. The molecular weight excluding hydrogens is 289 g/mol. The van der Waals surface area contributed by atoms with Crippen LogP contribution < -0.4 is 5.32 Å². The number of alkyl halides is 9. The zero-order valence-electron chi connectivity index (χ0n) is 7.80. The number of hydrogen-bond donors (Lipinski definition) is 1. The molecule has 1 unspecified atom stereocenters. The zero-order valence-corrected chi connectivity index (χ0v) is 7.80. The third-order valence-electron chi connectivity index (χ3n) is 1.97. The number of nitrogens with one attached hydrogen (secondary N) is 1. The number of amides is 1. The molecule has 0 aliphatic carbocycles. The third kappa shape index (κ3) is 1.97. The van der Waals surface area contributed by atoms with E-state index in [1.54, 1.807) is 0 Å². The molecule has 0 spiro atoms. The lowest BCUT2D eigenvalue weighted by Crippen LogP contribution is -2.62. The second-order valence-corrected chi connectivity index (χ2v) is 3.19. The van der Waals surface area contributed by atoms with Crippen LogP contribution in [0.3, 0.4) is 0 Å². The van der Waals surface area contributed by atoms with Crippen LogP contribution in [0.25, 0.3) is 0 Å². The lowest BCUT2D eigenvalue weighted by molar-refractivity contribution is -0.374.